The minimum atomic E-state index is -0.497. The molecule has 8 heteroatoms. The van der Waals surface area contributed by atoms with Gasteiger partial charge in [-0.15, -0.1) is 0 Å². The number of benzene rings is 1. The summed E-state index contributed by atoms with van der Waals surface area (Å²) in [6.07, 6.45) is 0.343. The number of nitro benzene ring substituents is 1. The standard InChI is InChI=1S/C11H15N3O4S/c1-18-11(15)4-5-19-7-8-2-3-10(14(16)17)9(6-8)13-12/h2-3,6,13H,4-5,7,12H2,1H3. The first-order valence-corrected chi connectivity index (χ1v) is 6.62. The Balaban J connectivity index is 2.55. The molecule has 0 amide bonds. The Morgan fingerprint density at radius 1 is 1.58 bits per heavy atom. The smallest absolute Gasteiger partial charge is 0.306 e. The van der Waals surface area contributed by atoms with Gasteiger partial charge in [-0.25, -0.2) is 0 Å². The Morgan fingerprint density at radius 3 is 2.89 bits per heavy atom. The highest BCUT2D eigenvalue weighted by Crippen LogP contribution is 2.26. The van der Waals surface area contributed by atoms with Crippen molar-refractivity contribution < 1.29 is 14.5 Å². The number of nitrogens with zero attached hydrogens (tertiary/aromatic N) is 1. The Hall–Kier alpha value is -1.80. The van der Waals surface area contributed by atoms with E-state index in [0.717, 1.165) is 5.56 Å². The maximum Gasteiger partial charge on any atom is 0.306 e. The monoisotopic (exact) mass is 285 g/mol. The van der Waals surface area contributed by atoms with Gasteiger partial charge in [0.25, 0.3) is 5.69 Å². The molecule has 19 heavy (non-hydrogen) atoms. The van der Waals surface area contributed by atoms with Crippen LogP contribution >= 0.6 is 11.8 Å². The molecule has 0 spiro atoms. The van der Waals surface area contributed by atoms with Crippen LogP contribution in [0, 0.1) is 10.1 Å². The zero-order chi connectivity index (χ0) is 14.3. The van der Waals surface area contributed by atoms with Crippen LogP contribution < -0.4 is 11.3 Å². The van der Waals surface area contributed by atoms with E-state index >= 15 is 0 Å². The van der Waals surface area contributed by atoms with Gasteiger partial charge in [-0.1, -0.05) is 6.07 Å². The maximum atomic E-state index is 10.9. The molecule has 0 saturated heterocycles. The topological polar surface area (TPSA) is 107 Å². The normalized spacial score (nSPS) is 10.0. The number of nitro groups is 1. The van der Waals surface area contributed by atoms with Crippen LogP contribution in [0.25, 0.3) is 0 Å². The number of methoxy groups -OCH3 is 1. The summed E-state index contributed by atoms with van der Waals surface area (Å²) in [5.74, 6) is 6.27. The Kier molecular flexibility index (Phi) is 6.10. The van der Waals surface area contributed by atoms with Gasteiger partial charge in [0.2, 0.25) is 0 Å². The highest BCUT2D eigenvalue weighted by Gasteiger charge is 2.13. The fraction of sp³-hybridized carbons (Fsp3) is 0.364. The van der Waals surface area contributed by atoms with Crippen molar-refractivity contribution in [3.05, 3.63) is 33.9 Å². The number of ether oxygens (including phenoxy) is 1. The zero-order valence-electron chi connectivity index (χ0n) is 10.4. The summed E-state index contributed by atoms with van der Waals surface area (Å²) in [5.41, 5.74) is 3.42. The molecule has 0 unspecified atom stereocenters. The molecule has 0 aliphatic rings. The summed E-state index contributed by atoms with van der Waals surface area (Å²) in [6.45, 7) is 0. The minimum absolute atomic E-state index is 0.0641. The van der Waals surface area contributed by atoms with Gasteiger partial charge >= 0.3 is 5.97 Å². The SMILES string of the molecule is COC(=O)CCSCc1ccc([N+](=O)[O-])c(NN)c1. The molecule has 0 atom stereocenters. The second-order valence-corrected chi connectivity index (χ2v) is 4.74. The molecule has 0 fully saturated rings. The number of rotatable bonds is 7. The van der Waals surface area contributed by atoms with Crippen molar-refractivity contribution in [1.29, 1.82) is 0 Å². The highest BCUT2D eigenvalue weighted by molar-refractivity contribution is 7.98. The lowest BCUT2D eigenvalue weighted by Gasteiger charge is -2.05. The van der Waals surface area contributed by atoms with Gasteiger partial charge in [0.15, 0.2) is 0 Å². The van der Waals surface area contributed by atoms with Gasteiger partial charge in [0.1, 0.15) is 5.69 Å². The van der Waals surface area contributed by atoms with Crippen LogP contribution in [0.2, 0.25) is 0 Å². The van der Waals surface area contributed by atoms with E-state index in [1.165, 1.54) is 13.2 Å². The van der Waals surface area contributed by atoms with Crippen LogP contribution in [0.5, 0.6) is 0 Å². The van der Waals surface area contributed by atoms with E-state index in [2.05, 4.69) is 10.2 Å². The van der Waals surface area contributed by atoms with Crippen molar-refractivity contribution in [2.24, 2.45) is 5.84 Å². The minimum Gasteiger partial charge on any atom is -0.469 e. The zero-order valence-corrected chi connectivity index (χ0v) is 11.2. The summed E-state index contributed by atoms with van der Waals surface area (Å²) in [5, 5.41) is 10.7. The number of nitrogens with one attached hydrogen (secondary N) is 1. The molecule has 0 aliphatic carbocycles. The molecule has 0 radical (unpaired) electrons. The third-order valence-corrected chi connectivity index (χ3v) is 3.39. The summed E-state index contributed by atoms with van der Waals surface area (Å²) >= 11 is 1.54. The first-order valence-electron chi connectivity index (χ1n) is 5.47. The van der Waals surface area contributed by atoms with E-state index in [1.807, 2.05) is 0 Å². The molecule has 1 aromatic carbocycles. The average molecular weight is 285 g/mol. The number of carbonyl (C=O) groups is 1. The largest absolute Gasteiger partial charge is 0.469 e. The van der Waals surface area contributed by atoms with Gasteiger partial charge in [-0.05, 0) is 11.6 Å². The van der Waals surface area contributed by atoms with Crippen LogP contribution in [0.4, 0.5) is 11.4 Å². The molecule has 1 aromatic rings. The molecule has 1 rings (SSSR count). The number of thioether (sulfide) groups is 1. The molecule has 0 bridgehead atoms. The van der Waals surface area contributed by atoms with Crippen molar-refractivity contribution in [1.82, 2.24) is 0 Å². The van der Waals surface area contributed by atoms with Gasteiger partial charge < -0.3 is 10.2 Å². The summed E-state index contributed by atoms with van der Waals surface area (Å²) < 4.78 is 4.53. The second-order valence-electron chi connectivity index (χ2n) is 3.63. The van der Waals surface area contributed by atoms with Gasteiger partial charge in [0.05, 0.1) is 18.5 Å². The van der Waals surface area contributed by atoms with Gasteiger partial charge in [0, 0.05) is 17.6 Å². The summed E-state index contributed by atoms with van der Waals surface area (Å²) in [4.78, 5) is 21.1. The number of nitrogens with two attached hydrogens (primary N) is 1. The van der Waals surface area contributed by atoms with E-state index in [0.29, 0.717) is 17.9 Å². The Labute approximate surface area is 114 Å². The van der Waals surface area contributed by atoms with Crippen molar-refractivity contribution in [3.8, 4) is 0 Å². The Morgan fingerprint density at radius 2 is 2.32 bits per heavy atom. The van der Waals surface area contributed by atoms with Crippen LogP contribution in [0.1, 0.15) is 12.0 Å². The molecular formula is C11H15N3O4S. The molecule has 3 N–H and O–H groups in total. The van der Waals surface area contributed by atoms with Crippen molar-refractivity contribution in [2.75, 3.05) is 18.3 Å². The lowest BCUT2D eigenvalue weighted by molar-refractivity contribution is -0.384. The predicted octanol–water partition coefficient (Wildman–Crippen LogP) is 1.68. The fourth-order valence-corrected chi connectivity index (χ4v) is 2.27. The van der Waals surface area contributed by atoms with E-state index in [1.54, 1.807) is 23.9 Å². The predicted molar refractivity (Wildman–Crippen MR) is 73.7 cm³/mol. The summed E-state index contributed by atoms with van der Waals surface area (Å²) in [7, 11) is 1.35. The quantitative estimate of drug-likeness (QED) is 0.258. The number of nitrogen functional groups attached to an aromatic ring is 1. The average Bonchev–Trinajstić information content (AvgIpc) is 2.42. The van der Waals surface area contributed by atoms with Gasteiger partial charge in [-0.2, -0.15) is 11.8 Å². The molecule has 0 heterocycles. The number of carbonyl (C=O) groups excluding carboxylic acids is 1. The number of anilines is 1. The van der Waals surface area contributed by atoms with Crippen LogP contribution in [-0.4, -0.2) is 23.8 Å². The lowest BCUT2D eigenvalue weighted by atomic mass is 10.2. The van der Waals surface area contributed by atoms with Crippen molar-refractivity contribution >= 4 is 29.1 Å². The Bertz CT molecular complexity index is 467. The third-order valence-electron chi connectivity index (χ3n) is 2.36. The molecular weight excluding hydrogens is 270 g/mol. The van der Waals surface area contributed by atoms with Crippen molar-refractivity contribution in [2.45, 2.75) is 12.2 Å². The van der Waals surface area contributed by atoms with Crippen LogP contribution in [-0.2, 0) is 15.3 Å². The fourth-order valence-electron chi connectivity index (χ4n) is 1.40. The number of hydrogen-bond acceptors (Lipinski definition) is 7. The molecule has 0 saturated carbocycles. The summed E-state index contributed by atoms with van der Waals surface area (Å²) in [6, 6.07) is 4.71. The molecule has 0 aromatic heterocycles. The number of hydrogen-bond donors (Lipinski definition) is 2. The maximum absolute atomic E-state index is 10.9. The molecule has 0 aliphatic heterocycles. The lowest BCUT2D eigenvalue weighted by Crippen LogP contribution is -2.09. The van der Waals surface area contributed by atoms with E-state index in [-0.39, 0.29) is 17.3 Å². The third kappa shape index (κ3) is 4.76. The first kappa shape index (κ1) is 15.3. The van der Waals surface area contributed by atoms with Crippen LogP contribution in [0.15, 0.2) is 18.2 Å². The number of hydrazine groups is 1. The first-order chi connectivity index (χ1) is 9.08. The van der Waals surface area contributed by atoms with E-state index in [4.69, 9.17) is 5.84 Å². The number of esters is 1. The van der Waals surface area contributed by atoms with Crippen LogP contribution in [0.3, 0.4) is 0 Å². The second kappa shape index (κ2) is 7.59. The van der Waals surface area contributed by atoms with Gasteiger partial charge in [-0.3, -0.25) is 20.8 Å². The molecule has 104 valence electrons. The van der Waals surface area contributed by atoms with E-state index < -0.39 is 4.92 Å². The van der Waals surface area contributed by atoms with Crippen molar-refractivity contribution in [3.63, 3.8) is 0 Å². The highest BCUT2D eigenvalue weighted by atomic mass is 32.2. The van der Waals surface area contributed by atoms with E-state index in [9.17, 15) is 14.9 Å². The molecule has 7 nitrogen and oxygen atoms in total.